The summed E-state index contributed by atoms with van der Waals surface area (Å²) in [5, 5.41) is 0.305. The van der Waals surface area contributed by atoms with Gasteiger partial charge in [0, 0.05) is 31.6 Å². The number of amides is 1. The topological polar surface area (TPSA) is 71.7 Å². The quantitative estimate of drug-likeness (QED) is 0.677. The van der Waals surface area contributed by atoms with Gasteiger partial charge in [0.2, 0.25) is 0 Å². The van der Waals surface area contributed by atoms with Crippen molar-refractivity contribution in [2.45, 2.75) is 26.4 Å². The average Bonchev–Trinajstić information content (AvgIpc) is 2.58. The van der Waals surface area contributed by atoms with Gasteiger partial charge in [0.1, 0.15) is 16.9 Å². The number of pyridine rings is 1. The van der Waals surface area contributed by atoms with Crippen molar-refractivity contribution in [2.24, 2.45) is 0 Å². The molecule has 0 saturated carbocycles. The number of hydrogen-bond donors (Lipinski definition) is 1. The van der Waals surface area contributed by atoms with E-state index in [1.165, 1.54) is 12.3 Å². The fraction of sp³-hybridized carbons (Fsp3) is 0.444. The normalized spacial score (nSPS) is 15.3. The van der Waals surface area contributed by atoms with E-state index >= 15 is 0 Å². The highest BCUT2D eigenvalue weighted by Crippen LogP contribution is 2.36. The van der Waals surface area contributed by atoms with Crippen LogP contribution in [0, 0.1) is 11.6 Å². The highest BCUT2D eigenvalue weighted by atomic mass is 79.9. The first-order valence-electron chi connectivity index (χ1n) is 8.53. The van der Waals surface area contributed by atoms with Crippen LogP contribution in [0.3, 0.4) is 0 Å². The Morgan fingerprint density at radius 2 is 1.89 bits per heavy atom. The van der Waals surface area contributed by atoms with Crippen molar-refractivity contribution in [3.05, 3.63) is 28.4 Å². The summed E-state index contributed by atoms with van der Waals surface area (Å²) in [6.45, 7) is 7.19. The molecular formula is C18H21BrF2N4O2. The maximum Gasteiger partial charge on any atom is 0.410 e. The largest absolute Gasteiger partial charge is 0.444 e. The van der Waals surface area contributed by atoms with E-state index in [4.69, 9.17) is 10.5 Å². The number of benzene rings is 1. The third-order valence-electron chi connectivity index (χ3n) is 4.25. The number of carbonyl (C=O) groups excluding carboxylic acids is 1. The lowest BCUT2D eigenvalue weighted by Crippen LogP contribution is -2.50. The van der Waals surface area contributed by atoms with Crippen molar-refractivity contribution in [1.82, 2.24) is 9.88 Å². The van der Waals surface area contributed by atoms with E-state index in [1.807, 2.05) is 25.7 Å². The van der Waals surface area contributed by atoms with Crippen molar-refractivity contribution in [2.75, 3.05) is 36.8 Å². The van der Waals surface area contributed by atoms with Crippen LogP contribution >= 0.6 is 15.9 Å². The fourth-order valence-corrected chi connectivity index (χ4v) is 3.34. The zero-order valence-corrected chi connectivity index (χ0v) is 16.9. The van der Waals surface area contributed by atoms with E-state index in [9.17, 15) is 13.6 Å². The molecule has 9 heteroatoms. The number of nitrogens with two attached hydrogens (primary N) is 1. The second kappa shape index (κ2) is 7.10. The lowest BCUT2D eigenvalue weighted by molar-refractivity contribution is 0.0241. The first-order valence-corrected chi connectivity index (χ1v) is 9.32. The number of nitrogen functional groups attached to an aromatic ring is 1. The molecule has 3 rings (SSSR count). The maximum atomic E-state index is 14.4. The van der Waals surface area contributed by atoms with Gasteiger partial charge in [-0.3, -0.25) is 4.98 Å². The van der Waals surface area contributed by atoms with Crippen LogP contribution in [0.15, 0.2) is 16.7 Å². The number of piperazine rings is 1. The minimum Gasteiger partial charge on any atom is -0.444 e. The van der Waals surface area contributed by atoms with Crippen LogP contribution in [-0.2, 0) is 4.74 Å². The highest BCUT2D eigenvalue weighted by molar-refractivity contribution is 9.10. The average molecular weight is 443 g/mol. The number of aromatic nitrogens is 1. The Morgan fingerprint density at radius 1 is 1.26 bits per heavy atom. The molecule has 0 bridgehead atoms. The Balaban J connectivity index is 1.87. The third-order valence-corrected chi connectivity index (χ3v) is 4.97. The van der Waals surface area contributed by atoms with Gasteiger partial charge < -0.3 is 20.3 Å². The summed E-state index contributed by atoms with van der Waals surface area (Å²) < 4.78 is 33.6. The van der Waals surface area contributed by atoms with Crippen LogP contribution in [0.2, 0.25) is 0 Å². The molecule has 6 nitrogen and oxygen atoms in total. The molecule has 1 aromatic carbocycles. The van der Waals surface area contributed by atoms with Crippen LogP contribution in [-0.4, -0.2) is 47.8 Å². The monoisotopic (exact) mass is 442 g/mol. The summed E-state index contributed by atoms with van der Waals surface area (Å²) in [6, 6.07) is 1.22. The Labute approximate surface area is 164 Å². The van der Waals surface area contributed by atoms with E-state index in [2.05, 4.69) is 20.9 Å². The first kappa shape index (κ1) is 19.6. The lowest BCUT2D eigenvalue weighted by atomic mass is 10.1. The molecule has 2 heterocycles. The van der Waals surface area contributed by atoms with E-state index in [0.29, 0.717) is 42.9 Å². The number of fused-ring (bicyclic) bond motifs is 1. The highest BCUT2D eigenvalue weighted by Gasteiger charge is 2.28. The van der Waals surface area contributed by atoms with Gasteiger partial charge in [-0.15, -0.1) is 0 Å². The minimum absolute atomic E-state index is 0.0436. The van der Waals surface area contributed by atoms with Crippen molar-refractivity contribution >= 4 is 44.3 Å². The van der Waals surface area contributed by atoms with Crippen molar-refractivity contribution < 1.29 is 18.3 Å². The predicted molar refractivity (Wildman–Crippen MR) is 104 cm³/mol. The van der Waals surface area contributed by atoms with Gasteiger partial charge in [0.25, 0.3) is 0 Å². The molecule has 1 aliphatic heterocycles. The maximum absolute atomic E-state index is 14.4. The smallest absolute Gasteiger partial charge is 0.410 e. The van der Waals surface area contributed by atoms with Crippen LogP contribution < -0.4 is 10.6 Å². The van der Waals surface area contributed by atoms with Gasteiger partial charge in [-0.2, -0.15) is 0 Å². The SMILES string of the molecule is CC(C)(C)OC(=O)N1CCN(c2c(N)cnc3c(F)c(Br)c(F)cc23)CC1. The van der Waals surface area contributed by atoms with E-state index in [1.54, 1.807) is 4.90 Å². The molecule has 0 spiro atoms. The molecule has 1 amide bonds. The second-order valence-electron chi connectivity index (χ2n) is 7.40. The molecule has 1 aromatic heterocycles. The van der Waals surface area contributed by atoms with Gasteiger partial charge in [0.05, 0.1) is 22.0 Å². The second-order valence-corrected chi connectivity index (χ2v) is 8.19. The zero-order valence-electron chi connectivity index (χ0n) is 15.4. The van der Waals surface area contributed by atoms with Gasteiger partial charge in [-0.25, -0.2) is 13.6 Å². The predicted octanol–water partition coefficient (Wildman–Crippen LogP) is 3.91. The number of carbonyl (C=O) groups is 1. The third kappa shape index (κ3) is 3.92. The fourth-order valence-electron chi connectivity index (χ4n) is 3.03. The van der Waals surface area contributed by atoms with Crippen molar-refractivity contribution in [1.29, 1.82) is 0 Å². The minimum atomic E-state index is -0.765. The van der Waals surface area contributed by atoms with Crippen LogP contribution in [0.25, 0.3) is 10.9 Å². The molecule has 0 radical (unpaired) electrons. The molecule has 27 heavy (non-hydrogen) atoms. The number of ether oxygens (including phenoxy) is 1. The molecule has 146 valence electrons. The number of rotatable bonds is 1. The Kier molecular flexibility index (Phi) is 5.16. The van der Waals surface area contributed by atoms with Gasteiger partial charge in [-0.1, -0.05) is 0 Å². The first-order chi connectivity index (χ1) is 12.6. The Hall–Kier alpha value is -2.16. The number of anilines is 2. The zero-order chi connectivity index (χ0) is 19.9. The number of nitrogens with zero attached hydrogens (tertiary/aromatic N) is 3. The Morgan fingerprint density at radius 3 is 2.48 bits per heavy atom. The van der Waals surface area contributed by atoms with Crippen LogP contribution in [0.1, 0.15) is 20.8 Å². The van der Waals surface area contributed by atoms with E-state index in [-0.39, 0.29) is 16.1 Å². The van der Waals surface area contributed by atoms with Crippen molar-refractivity contribution in [3.63, 3.8) is 0 Å². The summed E-state index contributed by atoms with van der Waals surface area (Å²) in [5.41, 5.74) is 6.39. The molecule has 2 N–H and O–H groups in total. The molecule has 1 saturated heterocycles. The molecule has 1 fully saturated rings. The molecule has 1 aliphatic rings. The van der Waals surface area contributed by atoms with Crippen LogP contribution in [0.5, 0.6) is 0 Å². The van der Waals surface area contributed by atoms with Gasteiger partial charge in [0.15, 0.2) is 5.82 Å². The van der Waals surface area contributed by atoms with E-state index in [0.717, 1.165) is 0 Å². The Bertz CT molecular complexity index is 893. The molecular weight excluding hydrogens is 422 g/mol. The van der Waals surface area contributed by atoms with Gasteiger partial charge in [-0.05, 0) is 42.8 Å². The molecule has 0 atom stereocenters. The summed E-state index contributed by atoms with van der Waals surface area (Å²) in [4.78, 5) is 19.7. The van der Waals surface area contributed by atoms with Gasteiger partial charge >= 0.3 is 6.09 Å². The number of hydrogen-bond acceptors (Lipinski definition) is 5. The lowest BCUT2D eigenvalue weighted by Gasteiger charge is -2.37. The summed E-state index contributed by atoms with van der Waals surface area (Å²) in [5.74, 6) is -1.49. The summed E-state index contributed by atoms with van der Waals surface area (Å²) in [6.07, 6.45) is 0.987. The van der Waals surface area contributed by atoms with Crippen LogP contribution in [0.4, 0.5) is 25.0 Å². The summed E-state index contributed by atoms with van der Waals surface area (Å²) >= 11 is 2.89. The molecule has 0 aliphatic carbocycles. The summed E-state index contributed by atoms with van der Waals surface area (Å²) in [7, 11) is 0. The standard InChI is InChI=1S/C18H21BrF2N4O2/c1-18(2,3)27-17(26)25-6-4-24(5-7-25)16-10-8-11(20)13(19)14(21)15(10)23-9-12(16)22/h8-9H,4-7,22H2,1-3H3. The van der Waals surface area contributed by atoms with E-state index < -0.39 is 17.2 Å². The van der Waals surface area contributed by atoms with Crippen molar-refractivity contribution in [3.8, 4) is 0 Å². The molecule has 0 unspecified atom stereocenters. The number of halogens is 3. The molecule has 2 aromatic rings.